The van der Waals surface area contributed by atoms with Crippen molar-refractivity contribution in [2.24, 2.45) is 0 Å². The van der Waals surface area contributed by atoms with Gasteiger partial charge in [0.15, 0.2) is 5.82 Å². The van der Waals surface area contributed by atoms with E-state index < -0.39 is 0 Å². The standard InChI is InChI=1S/C22H19N5O/c1-3-7-17(8-4-1)15-23-22-26-21(16-24-27-22)25-18-11-13-20(14-12-18)28-19-9-5-2-6-10-19/h1-14,16H,15H2,(H2,23,25,26,27). The van der Waals surface area contributed by atoms with E-state index in [2.05, 4.69) is 25.8 Å². The molecular formula is C22H19N5O. The van der Waals surface area contributed by atoms with E-state index in [9.17, 15) is 0 Å². The average Bonchev–Trinajstić information content (AvgIpc) is 2.76. The molecule has 0 aliphatic carbocycles. The molecule has 2 N–H and O–H groups in total. The number of rotatable bonds is 7. The highest BCUT2D eigenvalue weighted by Gasteiger charge is 2.03. The molecule has 1 heterocycles. The summed E-state index contributed by atoms with van der Waals surface area (Å²) in [6, 6.07) is 27.4. The second kappa shape index (κ2) is 8.64. The third-order valence-corrected chi connectivity index (χ3v) is 3.96. The lowest BCUT2D eigenvalue weighted by Gasteiger charge is -2.09. The van der Waals surface area contributed by atoms with Crippen LogP contribution in [0.15, 0.2) is 91.1 Å². The topological polar surface area (TPSA) is 72.0 Å². The average molecular weight is 369 g/mol. The minimum atomic E-state index is 0.470. The Bertz CT molecular complexity index is 1010. The molecule has 0 atom stereocenters. The quantitative estimate of drug-likeness (QED) is 0.477. The van der Waals surface area contributed by atoms with Crippen LogP contribution in [0.25, 0.3) is 0 Å². The van der Waals surface area contributed by atoms with Gasteiger partial charge >= 0.3 is 0 Å². The summed E-state index contributed by atoms with van der Waals surface area (Å²) >= 11 is 0. The van der Waals surface area contributed by atoms with Crippen LogP contribution in [0.1, 0.15) is 5.56 Å². The number of benzene rings is 3. The predicted molar refractivity (Wildman–Crippen MR) is 110 cm³/mol. The van der Waals surface area contributed by atoms with E-state index in [1.54, 1.807) is 6.20 Å². The molecular weight excluding hydrogens is 350 g/mol. The summed E-state index contributed by atoms with van der Waals surface area (Å²) < 4.78 is 5.80. The fourth-order valence-electron chi connectivity index (χ4n) is 2.59. The molecule has 0 saturated carbocycles. The van der Waals surface area contributed by atoms with Crippen molar-refractivity contribution in [3.8, 4) is 11.5 Å². The second-order valence-electron chi connectivity index (χ2n) is 6.07. The van der Waals surface area contributed by atoms with Crippen LogP contribution in [-0.2, 0) is 6.54 Å². The van der Waals surface area contributed by atoms with E-state index in [0.29, 0.717) is 18.3 Å². The zero-order valence-electron chi connectivity index (χ0n) is 15.1. The normalized spacial score (nSPS) is 10.3. The van der Waals surface area contributed by atoms with Crippen LogP contribution in [0.2, 0.25) is 0 Å². The van der Waals surface area contributed by atoms with Crippen molar-refractivity contribution in [1.82, 2.24) is 15.2 Å². The first-order chi connectivity index (χ1) is 13.8. The monoisotopic (exact) mass is 369 g/mol. The molecule has 0 amide bonds. The predicted octanol–water partition coefficient (Wildman–Crippen LogP) is 5.02. The smallest absolute Gasteiger partial charge is 0.244 e. The van der Waals surface area contributed by atoms with Crippen molar-refractivity contribution in [1.29, 1.82) is 0 Å². The minimum absolute atomic E-state index is 0.470. The summed E-state index contributed by atoms with van der Waals surface area (Å²) in [6.07, 6.45) is 1.59. The van der Waals surface area contributed by atoms with Gasteiger partial charge in [0, 0.05) is 12.2 Å². The molecule has 1 aromatic heterocycles. The molecule has 6 heteroatoms. The Morgan fingerprint density at radius 1 is 0.750 bits per heavy atom. The summed E-state index contributed by atoms with van der Waals surface area (Å²) in [5, 5.41) is 14.4. The van der Waals surface area contributed by atoms with Crippen LogP contribution in [-0.4, -0.2) is 15.2 Å². The molecule has 0 aliphatic rings. The number of nitrogens with zero attached hydrogens (tertiary/aromatic N) is 3. The van der Waals surface area contributed by atoms with Crippen molar-refractivity contribution >= 4 is 17.5 Å². The third kappa shape index (κ3) is 4.82. The minimum Gasteiger partial charge on any atom is -0.457 e. The lowest BCUT2D eigenvalue weighted by Crippen LogP contribution is -2.06. The van der Waals surface area contributed by atoms with Gasteiger partial charge in [0.25, 0.3) is 0 Å². The molecule has 0 radical (unpaired) electrons. The molecule has 6 nitrogen and oxygen atoms in total. The maximum absolute atomic E-state index is 5.80. The Morgan fingerprint density at radius 3 is 2.18 bits per heavy atom. The molecule has 4 aromatic rings. The van der Waals surface area contributed by atoms with Crippen LogP contribution in [0.4, 0.5) is 17.5 Å². The van der Waals surface area contributed by atoms with Gasteiger partial charge in [-0.15, -0.1) is 5.10 Å². The summed E-state index contributed by atoms with van der Waals surface area (Å²) in [7, 11) is 0. The SMILES string of the molecule is c1ccc(CNc2nncc(Nc3ccc(Oc4ccccc4)cc3)n2)cc1. The molecule has 0 aliphatic heterocycles. The van der Waals surface area contributed by atoms with Crippen LogP contribution in [0.3, 0.4) is 0 Å². The lowest BCUT2D eigenvalue weighted by atomic mass is 10.2. The third-order valence-electron chi connectivity index (χ3n) is 3.96. The van der Waals surface area contributed by atoms with E-state index in [0.717, 1.165) is 22.7 Å². The molecule has 3 aromatic carbocycles. The zero-order valence-corrected chi connectivity index (χ0v) is 15.1. The van der Waals surface area contributed by atoms with Gasteiger partial charge in [0.05, 0.1) is 6.20 Å². The summed E-state index contributed by atoms with van der Waals surface area (Å²) in [6.45, 7) is 0.636. The molecule has 0 spiro atoms. The van der Waals surface area contributed by atoms with E-state index >= 15 is 0 Å². The van der Waals surface area contributed by atoms with Crippen molar-refractivity contribution in [2.45, 2.75) is 6.54 Å². The van der Waals surface area contributed by atoms with E-state index in [1.807, 2.05) is 84.9 Å². The van der Waals surface area contributed by atoms with E-state index in [1.165, 1.54) is 0 Å². The van der Waals surface area contributed by atoms with Gasteiger partial charge in [-0.05, 0) is 42.0 Å². The van der Waals surface area contributed by atoms with Crippen LogP contribution in [0, 0.1) is 0 Å². The van der Waals surface area contributed by atoms with Gasteiger partial charge in [-0.2, -0.15) is 10.1 Å². The molecule has 138 valence electrons. The second-order valence-corrected chi connectivity index (χ2v) is 6.07. The number of nitrogens with one attached hydrogen (secondary N) is 2. The van der Waals surface area contributed by atoms with Gasteiger partial charge in [-0.25, -0.2) is 0 Å². The van der Waals surface area contributed by atoms with Gasteiger partial charge in [-0.1, -0.05) is 48.5 Å². The van der Waals surface area contributed by atoms with Gasteiger partial charge in [0.1, 0.15) is 11.5 Å². The number of hydrogen-bond acceptors (Lipinski definition) is 6. The summed E-state index contributed by atoms with van der Waals surface area (Å²) in [5.74, 6) is 2.65. The van der Waals surface area contributed by atoms with Gasteiger partial charge in [-0.3, -0.25) is 0 Å². The highest BCUT2D eigenvalue weighted by Crippen LogP contribution is 2.23. The molecule has 0 fully saturated rings. The number of anilines is 3. The van der Waals surface area contributed by atoms with Crippen molar-refractivity contribution in [3.05, 3.63) is 96.7 Å². The highest BCUT2D eigenvalue weighted by atomic mass is 16.5. The molecule has 28 heavy (non-hydrogen) atoms. The number of aromatic nitrogens is 3. The highest BCUT2D eigenvalue weighted by molar-refractivity contribution is 5.57. The van der Waals surface area contributed by atoms with Crippen LogP contribution in [0.5, 0.6) is 11.5 Å². The van der Waals surface area contributed by atoms with Crippen molar-refractivity contribution < 1.29 is 4.74 Å². The van der Waals surface area contributed by atoms with Crippen molar-refractivity contribution in [2.75, 3.05) is 10.6 Å². The molecule has 0 bridgehead atoms. The lowest BCUT2D eigenvalue weighted by molar-refractivity contribution is 0.483. The van der Waals surface area contributed by atoms with Gasteiger partial charge in [0.2, 0.25) is 5.95 Å². The van der Waals surface area contributed by atoms with E-state index in [4.69, 9.17) is 4.74 Å². The molecule has 0 unspecified atom stereocenters. The Kier molecular flexibility index (Phi) is 5.39. The van der Waals surface area contributed by atoms with E-state index in [-0.39, 0.29) is 0 Å². The Hall–Kier alpha value is -3.93. The Morgan fingerprint density at radius 2 is 1.43 bits per heavy atom. The fourth-order valence-corrected chi connectivity index (χ4v) is 2.59. The summed E-state index contributed by atoms with van der Waals surface area (Å²) in [5.41, 5.74) is 2.04. The number of para-hydroxylation sites is 1. The first-order valence-electron chi connectivity index (χ1n) is 8.93. The Balaban J connectivity index is 1.37. The summed E-state index contributed by atoms with van der Waals surface area (Å²) in [4.78, 5) is 4.45. The molecule has 0 saturated heterocycles. The fraction of sp³-hybridized carbons (Fsp3) is 0.0455. The van der Waals surface area contributed by atoms with Gasteiger partial charge < -0.3 is 15.4 Å². The maximum atomic E-state index is 5.80. The zero-order chi connectivity index (χ0) is 19.0. The largest absolute Gasteiger partial charge is 0.457 e. The van der Waals surface area contributed by atoms with Crippen LogP contribution >= 0.6 is 0 Å². The Labute approximate surface area is 163 Å². The van der Waals surface area contributed by atoms with Crippen LogP contribution < -0.4 is 15.4 Å². The first kappa shape index (κ1) is 17.5. The first-order valence-corrected chi connectivity index (χ1v) is 8.93. The maximum Gasteiger partial charge on any atom is 0.244 e. The number of ether oxygens (including phenoxy) is 1. The number of hydrogen-bond donors (Lipinski definition) is 2. The molecule has 4 rings (SSSR count). The van der Waals surface area contributed by atoms with Crippen molar-refractivity contribution in [3.63, 3.8) is 0 Å².